The van der Waals surface area contributed by atoms with Crippen molar-refractivity contribution < 1.29 is 37.1 Å². The summed E-state index contributed by atoms with van der Waals surface area (Å²) in [6.45, 7) is 5.17. The molecular weight excluding hydrogens is 763 g/mol. The number of hydrogen-bond acceptors (Lipinski definition) is 12. The van der Waals surface area contributed by atoms with Crippen molar-refractivity contribution in [3.05, 3.63) is 48.0 Å². The fourth-order valence-corrected chi connectivity index (χ4v) is 8.15. The molecule has 1 saturated heterocycles. The molecule has 3 aliphatic rings. The smallest absolute Gasteiger partial charge is 0.408 e. The molecule has 56 heavy (non-hydrogen) atoms. The van der Waals surface area contributed by atoms with Crippen LogP contribution in [0.5, 0.6) is 5.75 Å². The second-order valence-corrected chi connectivity index (χ2v) is 18.2. The Morgan fingerprint density at radius 3 is 2.46 bits per heavy atom. The summed E-state index contributed by atoms with van der Waals surface area (Å²) >= 11 is 1.39. The molecule has 4 heterocycles. The predicted octanol–water partition coefficient (Wildman–Crippen LogP) is 3.43. The van der Waals surface area contributed by atoms with E-state index >= 15 is 0 Å². The molecule has 1 aromatic carbocycles. The van der Waals surface area contributed by atoms with Crippen LogP contribution in [-0.2, 0) is 29.3 Å². The van der Waals surface area contributed by atoms with Crippen molar-refractivity contribution in [1.29, 1.82) is 0 Å². The number of alkyl carbamates (subject to hydrolysis) is 1. The number of nitrogens with one attached hydrogen (secondary N) is 3. The molecule has 6 rings (SSSR count). The van der Waals surface area contributed by atoms with Crippen LogP contribution in [0.1, 0.15) is 71.8 Å². The Kier molecular flexibility index (Phi) is 11.9. The zero-order chi connectivity index (χ0) is 40.4. The molecule has 2 aromatic heterocycles. The van der Waals surface area contributed by atoms with Crippen molar-refractivity contribution in [2.24, 2.45) is 5.92 Å². The lowest BCUT2D eigenvalue weighted by Gasteiger charge is -2.30. The van der Waals surface area contributed by atoms with Gasteiger partial charge >= 0.3 is 16.3 Å². The lowest BCUT2D eigenvalue weighted by Crippen LogP contribution is -2.58. The molecule has 0 radical (unpaired) electrons. The summed E-state index contributed by atoms with van der Waals surface area (Å²) in [7, 11) is -0.0204. The Labute approximate surface area is 330 Å². The van der Waals surface area contributed by atoms with Gasteiger partial charge in [0.15, 0.2) is 0 Å². The fraction of sp³-hybridized carbons (Fsp3) is 0.541. The highest BCUT2D eigenvalue weighted by Crippen LogP contribution is 2.46. The van der Waals surface area contributed by atoms with Gasteiger partial charge in [-0.05, 0) is 70.7 Å². The van der Waals surface area contributed by atoms with E-state index in [-0.39, 0.29) is 19.4 Å². The molecule has 1 saturated carbocycles. The number of carbonyl (C=O) groups excluding carboxylic acids is 4. The van der Waals surface area contributed by atoms with Crippen molar-refractivity contribution in [3.63, 3.8) is 0 Å². The highest BCUT2D eigenvalue weighted by Gasteiger charge is 2.62. The first-order valence-corrected chi connectivity index (χ1v) is 20.9. The van der Waals surface area contributed by atoms with Crippen LogP contribution in [-0.4, -0.2) is 112 Å². The Hall–Kier alpha value is -4.88. The zero-order valence-electron chi connectivity index (χ0n) is 32.4. The van der Waals surface area contributed by atoms with E-state index < -0.39 is 69.2 Å². The number of hydrogen-bond donors (Lipinski definition) is 3. The number of rotatable bonds is 8. The largest absolute Gasteiger partial charge is 0.497 e. The molecule has 302 valence electrons. The number of allylic oxidation sites excluding steroid dienone is 1. The SMILES string of the molecule is COc1ccc(-c2nn([C@@H]3C[C@H]4C(=O)N[C@]5(C(=O)NS(=O)(=O)N(C)C)C[C@H]5/C=C/CCCCC[C@@H](NC(=O)OC(C)(C)C)C(=O)N4C3)nc2-c2nccs2)cc1. The number of carbonyl (C=O) groups is 4. The summed E-state index contributed by atoms with van der Waals surface area (Å²) in [5, 5.41) is 17.8. The first-order valence-electron chi connectivity index (χ1n) is 18.6. The average molecular weight is 812 g/mol. The number of nitrogens with zero attached hydrogens (tertiary/aromatic N) is 6. The summed E-state index contributed by atoms with van der Waals surface area (Å²) in [6.07, 6.45) is 7.98. The van der Waals surface area contributed by atoms with Crippen LogP contribution in [0.15, 0.2) is 48.0 Å². The minimum absolute atomic E-state index is 0.00496. The van der Waals surface area contributed by atoms with Gasteiger partial charge in [0.25, 0.3) is 5.91 Å². The van der Waals surface area contributed by atoms with E-state index in [0.29, 0.717) is 41.4 Å². The third-order valence-electron chi connectivity index (χ3n) is 10.0. The van der Waals surface area contributed by atoms with Crippen molar-refractivity contribution in [1.82, 2.24) is 44.5 Å². The summed E-state index contributed by atoms with van der Waals surface area (Å²) in [6, 6.07) is 4.55. The third kappa shape index (κ3) is 9.05. The van der Waals surface area contributed by atoms with Crippen LogP contribution in [0.4, 0.5) is 4.79 Å². The van der Waals surface area contributed by atoms with Crippen molar-refractivity contribution in [2.45, 2.75) is 95.0 Å². The van der Waals surface area contributed by atoms with Crippen LogP contribution < -0.4 is 20.1 Å². The Morgan fingerprint density at radius 2 is 1.80 bits per heavy atom. The van der Waals surface area contributed by atoms with Crippen LogP contribution in [0.3, 0.4) is 0 Å². The van der Waals surface area contributed by atoms with Gasteiger partial charge in [-0.15, -0.1) is 16.4 Å². The van der Waals surface area contributed by atoms with E-state index in [2.05, 4.69) is 20.3 Å². The Balaban J connectivity index is 1.38. The highest BCUT2D eigenvalue weighted by molar-refractivity contribution is 7.87. The van der Waals surface area contributed by atoms with E-state index in [1.165, 1.54) is 35.1 Å². The van der Waals surface area contributed by atoms with Gasteiger partial charge in [-0.3, -0.25) is 14.4 Å². The summed E-state index contributed by atoms with van der Waals surface area (Å²) in [5.74, 6) is -1.84. The van der Waals surface area contributed by atoms with Crippen LogP contribution in [0.25, 0.3) is 22.0 Å². The maximum Gasteiger partial charge on any atom is 0.408 e. The number of thiazole rings is 1. The van der Waals surface area contributed by atoms with Crippen molar-refractivity contribution >= 4 is 45.4 Å². The molecule has 17 nitrogen and oxygen atoms in total. The van der Waals surface area contributed by atoms with Gasteiger partial charge in [0.05, 0.1) is 13.2 Å². The third-order valence-corrected chi connectivity index (χ3v) is 12.2. The summed E-state index contributed by atoms with van der Waals surface area (Å²) < 4.78 is 39.3. The monoisotopic (exact) mass is 811 g/mol. The zero-order valence-corrected chi connectivity index (χ0v) is 34.0. The number of amides is 4. The van der Waals surface area contributed by atoms with Gasteiger partial charge in [-0.2, -0.15) is 22.6 Å². The predicted molar refractivity (Wildman–Crippen MR) is 207 cm³/mol. The molecule has 0 bridgehead atoms. The number of ether oxygens (including phenoxy) is 2. The van der Waals surface area contributed by atoms with Gasteiger partial charge in [0.1, 0.15) is 45.4 Å². The van der Waals surface area contributed by atoms with E-state index in [1.54, 1.807) is 34.1 Å². The molecule has 2 aliphatic heterocycles. The lowest BCUT2D eigenvalue weighted by molar-refractivity contribution is -0.141. The maximum atomic E-state index is 14.6. The quantitative estimate of drug-likeness (QED) is 0.281. The molecule has 0 spiro atoms. The lowest BCUT2D eigenvalue weighted by atomic mass is 10.0. The van der Waals surface area contributed by atoms with E-state index in [0.717, 1.165) is 22.7 Å². The van der Waals surface area contributed by atoms with Gasteiger partial charge in [0, 0.05) is 50.1 Å². The van der Waals surface area contributed by atoms with Gasteiger partial charge < -0.3 is 25.0 Å². The summed E-state index contributed by atoms with van der Waals surface area (Å²) in [5.41, 5.74) is -0.586. The second-order valence-electron chi connectivity index (χ2n) is 15.4. The van der Waals surface area contributed by atoms with Gasteiger partial charge in [-0.25, -0.2) is 14.5 Å². The van der Waals surface area contributed by atoms with Crippen molar-refractivity contribution in [3.8, 4) is 27.7 Å². The minimum Gasteiger partial charge on any atom is -0.497 e. The Bertz CT molecular complexity index is 2060. The van der Waals surface area contributed by atoms with Crippen LogP contribution in [0, 0.1) is 5.92 Å². The molecule has 3 aromatic rings. The average Bonchev–Trinajstić information content (AvgIpc) is 3.59. The highest BCUT2D eigenvalue weighted by atomic mass is 32.2. The molecule has 19 heteroatoms. The molecule has 1 aliphatic carbocycles. The first kappa shape index (κ1) is 40.8. The van der Waals surface area contributed by atoms with E-state index in [9.17, 15) is 27.6 Å². The first-order chi connectivity index (χ1) is 26.5. The molecule has 3 N–H and O–H groups in total. The second kappa shape index (κ2) is 16.3. The van der Waals surface area contributed by atoms with E-state index in [1.807, 2.05) is 41.8 Å². The van der Waals surface area contributed by atoms with E-state index in [4.69, 9.17) is 19.7 Å². The molecule has 0 unspecified atom stereocenters. The number of methoxy groups -OCH3 is 1. The molecule has 4 amide bonds. The maximum absolute atomic E-state index is 14.6. The van der Waals surface area contributed by atoms with Gasteiger partial charge in [-0.1, -0.05) is 25.0 Å². The van der Waals surface area contributed by atoms with Crippen molar-refractivity contribution in [2.75, 3.05) is 27.7 Å². The van der Waals surface area contributed by atoms with Gasteiger partial charge in [0.2, 0.25) is 11.8 Å². The Morgan fingerprint density at radius 1 is 1.07 bits per heavy atom. The minimum atomic E-state index is -4.18. The number of benzene rings is 1. The standard InChI is InChI=1S/C37H49N9O8S2/c1-36(2,3)54-35(50)39-27-13-11-9-7-8-10-12-24-21-37(24,34(49)43-56(51,52)44(4)5)40-31(47)28-20-25(22-45(28)33(27)48)46-41-29(23-14-16-26(53-6)17-15-23)30(42-46)32-38-18-19-55-32/h10,12,14-19,24-25,27-28H,7-9,11,13,20-22H2,1-6H3,(H,39,50)(H,40,47)(H,43,49)/b12-10+/t24-,25-,27-,28+,37-/m1/s1. The molecule has 2 fully saturated rings. The fourth-order valence-electron chi connectivity index (χ4n) is 6.93. The van der Waals surface area contributed by atoms with Crippen LogP contribution in [0.2, 0.25) is 0 Å². The van der Waals surface area contributed by atoms with Crippen LogP contribution >= 0.6 is 11.3 Å². The molecule has 5 atom stereocenters. The molecular formula is C37H49N9O8S2. The topological polar surface area (TPSA) is 207 Å². The number of aromatic nitrogens is 4. The normalized spacial score (nSPS) is 25.2. The number of fused-ring (bicyclic) bond motifs is 2. The summed E-state index contributed by atoms with van der Waals surface area (Å²) in [4.78, 5) is 63.3.